The van der Waals surface area contributed by atoms with Gasteiger partial charge in [-0.25, -0.2) is 0 Å². The van der Waals surface area contributed by atoms with Crippen molar-refractivity contribution in [1.29, 1.82) is 0 Å². The second-order valence-corrected chi connectivity index (χ2v) is 6.09. The maximum Gasteiger partial charge on any atom is 0.165 e. The van der Waals surface area contributed by atoms with Crippen molar-refractivity contribution in [2.45, 2.75) is 29.6 Å². The van der Waals surface area contributed by atoms with E-state index in [1.54, 1.807) is 24.3 Å². The third-order valence-corrected chi connectivity index (χ3v) is 4.22. The fourth-order valence-corrected chi connectivity index (χ4v) is 3.09. The molecular formula is C15H16O3S. The molecule has 2 aromatic carbocycles. The van der Waals surface area contributed by atoms with Gasteiger partial charge in [0, 0.05) is 28.9 Å². The molecule has 4 heteroatoms. The van der Waals surface area contributed by atoms with Gasteiger partial charge in [0.2, 0.25) is 0 Å². The lowest BCUT2D eigenvalue weighted by Gasteiger charge is -2.14. The van der Waals surface area contributed by atoms with Gasteiger partial charge in [0.1, 0.15) is 11.5 Å². The van der Waals surface area contributed by atoms with Crippen molar-refractivity contribution in [3.63, 3.8) is 0 Å². The maximum atomic E-state index is 12.3. The number of aromatic hydroxyl groups is 2. The highest BCUT2D eigenvalue weighted by molar-refractivity contribution is 7.91. The number of hydrogen-bond donors (Lipinski definition) is 2. The van der Waals surface area contributed by atoms with Crippen LogP contribution in [0.1, 0.15) is 25.3 Å². The Balaban J connectivity index is 2.42. The fraction of sp³-hybridized carbons (Fsp3) is 0.200. The van der Waals surface area contributed by atoms with Crippen molar-refractivity contribution in [2.75, 3.05) is 0 Å². The predicted octanol–water partition coefficient (Wildman–Crippen LogP) is 3.39. The van der Waals surface area contributed by atoms with Gasteiger partial charge in [-0.05, 0) is 18.1 Å². The number of rotatable bonds is 3. The molecule has 0 heterocycles. The lowest BCUT2D eigenvalue weighted by molar-refractivity contribution is 0.430. The van der Waals surface area contributed by atoms with Crippen LogP contribution in [0.15, 0.2) is 52.3 Å². The van der Waals surface area contributed by atoms with Crippen LogP contribution in [0, 0.1) is 0 Å². The van der Waals surface area contributed by atoms with E-state index < -0.39 is 11.2 Å². The van der Waals surface area contributed by atoms with Gasteiger partial charge >= 0.3 is 0 Å². The van der Waals surface area contributed by atoms with Crippen LogP contribution in [-0.4, -0.2) is 14.8 Å². The summed E-state index contributed by atoms with van der Waals surface area (Å²) in [5.74, 6) is -0.0391. The highest BCUT2D eigenvalue weighted by atomic mass is 32.2. The Hall–Kier alpha value is -1.65. The smallest absolute Gasteiger partial charge is 0.165 e. The summed E-state index contributed by atoms with van der Waals surface area (Å²) in [6.45, 7) is 3.76. The monoisotopic (exact) mass is 276 g/mol. The summed E-state index contributed by atoms with van der Waals surface area (Å²) in [6, 6.07) is 11.9. The number of phenolic OH excluding ortho intramolecular Hbond substituents is 2. The fourth-order valence-electron chi connectivity index (χ4n) is 1.98. The summed E-state index contributed by atoms with van der Waals surface area (Å²) in [6.07, 6.45) is 0. The first-order chi connectivity index (χ1) is 9.00. The SMILES string of the molecule is CC(C)c1c(O)cc([S+]([O-])c2ccccc2)cc1O. The summed E-state index contributed by atoms with van der Waals surface area (Å²) in [4.78, 5) is 1.03. The van der Waals surface area contributed by atoms with Crippen LogP contribution in [0.3, 0.4) is 0 Å². The second-order valence-electron chi connectivity index (χ2n) is 4.61. The van der Waals surface area contributed by atoms with Crippen molar-refractivity contribution in [1.82, 2.24) is 0 Å². The van der Waals surface area contributed by atoms with Gasteiger partial charge in [0.25, 0.3) is 0 Å². The molecule has 0 bridgehead atoms. The van der Waals surface area contributed by atoms with Crippen molar-refractivity contribution in [2.24, 2.45) is 0 Å². The third-order valence-electron chi connectivity index (χ3n) is 2.86. The van der Waals surface area contributed by atoms with E-state index in [9.17, 15) is 14.8 Å². The van der Waals surface area contributed by atoms with Crippen LogP contribution < -0.4 is 0 Å². The predicted molar refractivity (Wildman–Crippen MR) is 75.0 cm³/mol. The van der Waals surface area contributed by atoms with E-state index in [0.717, 1.165) is 0 Å². The second kappa shape index (κ2) is 5.55. The summed E-state index contributed by atoms with van der Waals surface area (Å²) in [5.41, 5.74) is 0.480. The highest BCUT2D eigenvalue weighted by Gasteiger charge is 2.20. The molecule has 1 unspecified atom stereocenters. The van der Waals surface area contributed by atoms with E-state index in [1.165, 1.54) is 12.1 Å². The Morgan fingerprint density at radius 3 is 1.95 bits per heavy atom. The van der Waals surface area contributed by atoms with E-state index in [4.69, 9.17) is 0 Å². The van der Waals surface area contributed by atoms with Crippen molar-refractivity contribution in [3.05, 3.63) is 48.0 Å². The Kier molecular flexibility index (Phi) is 4.02. The molecular weight excluding hydrogens is 260 g/mol. The summed E-state index contributed by atoms with van der Waals surface area (Å²) in [7, 11) is 0. The minimum Gasteiger partial charge on any atom is -0.606 e. The first kappa shape index (κ1) is 13.8. The number of hydrogen-bond acceptors (Lipinski definition) is 3. The molecule has 3 nitrogen and oxygen atoms in total. The Morgan fingerprint density at radius 1 is 0.947 bits per heavy atom. The van der Waals surface area contributed by atoms with Crippen LogP contribution in [-0.2, 0) is 11.2 Å². The zero-order valence-electron chi connectivity index (χ0n) is 10.8. The molecule has 0 aliphatic carbocycles. The van der Waals surface area contributed by atoms with E-state index in [-0.39, 0.29) is 17.4 Å². The molecule has 0 aliphatic heterocycles. The molecule has 0 aromatic heterocycles. The quantitative estimate of drug-likeness (QED) is 0.845. The lowest BCUT2D eigenvalue weighted by atomic mass is 10.0. The average molecular weight is 276 g/mol. The summed E-state index contributed by atoms with van der Waals surface area (Å²) < 4.78 is 12.3. The zero-order chi connectivity index (χ0) is 14.0. The molecule has 2 N–H and O–H groups in total. The molecule has 0 radical (unpaired) electrons. The van der Waals surface area contributed by atoms with Crippen molar-refractivity contribution < 1.29 is 14.8 Å². The van der Waals surface area contributed by atoms with E-state index in [2.05, 4.69) is 0 Å². The maximum absolute atomic E-state index is 12.3. The van der Waals surface area contributed by atoms with Gasteiger partial charge < -0.3 is 14.8 Å². The molecule has 19 heavy (non-hydrogen) atoms. The number of benzene rings is 2. The molecule has 0 amide bonds. The van der Waals surface area contributed by atoms with Gasteiger partial charge in [-0.15, -0.1) is 0 Å². The van der Waals surface area contributed by atoms with Crippen LogP contribution in [0.4, 0.5) is 0 Å². The van der Waals surface area contributed by atoms with Crippen LogP contribution in [0.25, 0.3) is 0 Å². The highest BCUT2D eigenvalue weighted by Crippen LogP contribution is 2.37. The molecule has 0 spiro atoms. The van der Waals surface area contributed by atoms with Crippen molar-refractivity contribution >= 4 is 11.2 Å². The molecule has 1 atom stereocenters. The standard InChI is InChI=1S/C15H16O3S/c1-10(2)15-13(16)8-12(9-14(15)17)19(18)11-6-4-3-5-7-11/h3-10,16-17H,1-2H3. The van der Waals surface area contributed by atoms with Gasteiger partial charge in [0.05, 0.1) is 0 Å². The Bertz CT molecular complexity index is 544. The van der Waals surface area contributed by atoms with Gasteiger partial charge in [-0.3, -0.25) is 0 Å². The molecule has 2 rings (SSSR count). The largest absolute Gasteiger partial charge is 0.606 e. The zero-order valence-corrected chi connectivity index (χ0v) is 11.6. The van der Waals surface area contributed by atoms with Crippen LogP contribution in [0.2, 0.25) is 0 Å². The van der Waals surface area contributed by atoms with Crippen LogP contribution in [0.5, 0.6) is 11.5 Å². The normalized spacial score (nSPS) is 12.6. The first-order valence-electron chi connectivity index (χ1n) is 6.03. The van der Waals surface area contributed by atoms with Gasteiger partial charge in [-0.2, -0.15) is 0 Å². The minimum atomic E-state index is -1.41. The molecule has 0 aliphatic rings. The topological polar surface area (TPSA) is 63.5 Å². The molecule has 100 valence electrons. The van der Waals surface area contributed by atoms with E-state index in [0.29, 0.717) is 15.4 Å². The van der Waals surface area contributed by atoms with Crippen molar-refractivity contribution in [3.8, 4) is 11.5 Å². The molecule has 0 saturated carbocycles. The first-order valence-corrected chi connectivity index (χ1v) is 7.18. The minimum absolute atomic E-state index is 0.000731. The lowest BCUT2D eigenvalue weighted by Crippen LogP contribution is -2.02. The third kappa shape index (κ3) is 2.85. The van der Waals surface area contributed by atoms with Gasteiger partial charge in [0.15, 0.2) is 9.79 Å². The summed E-state index contributed by atoms with van der Waals surface area (Å²) >= 11 is -1.41. The molecule has 0 saturated heterocycles. The Morgan fingerprint density at radius 2 is 1.47 bits per heavy atom. The Labute approximate surface area is 115 Å². The number of phenols is 2. The average Bonchev–Trinajstić information content (AvgIpc) is 2.37. The van der Waals surface area contributed by atoms with E-state index in [1.807, 2.05) is 19.9 Å². The summed E-state index contributed by atoms with van der Waals surface area (Å²) in [5, 5.41) is 19.9. The van der Waals surface area contributed by atoms with Gasteiger partial charge in [-0.1, -0.05) is 32.0 Å². The molecule has 0 fully saturated rings. The van der Waals surface area contributed by atoms with Crippen LogP contribution >= 0.6 is 0 Å². The van der Waals surface area contributed by atoms with E-state index >= 15 is 0 Å². The molecule has 2 aromatic rings.